The molecule has 0 spiro atoms. The fourth-order valence-corrected chi connectivity index (χ4v) is 5.06. The number of pyridine rings is 2. The van der Waals surface area contributed by atoms with Gasteiger partial charge in [0.1, 0.15) is 22.9 Å². The molecule has 4 heterocycles. The number of amides is 1. The molecule has 0 saturated carbocycles. The molecule has 1 fully saturated rings. The summed E-state index contributed by atoms with van der Waals surface area (Å²) in [7, 11) is 0. The van der Waals surface area contributed by atoms with Gasteiger partial charge < -0.3 is 19.3 Å². The third-order valence-electron chi connectivity index (χ3n) is 6.79. The normalized spacial score (nSPS) is 17.8. The Morgan fingerprint density at radius 1 is 1.20 bits per heavy atom. The van der Waals surface area contributed by atoms with E-state index in [9.17, 15) is 14.0 Å². The van der Waals surface area contributed by atoms with Crippen LogP contribution in [0.2, 0.25) is 5.15 Å². The van der Waals surface area contributed by atoms with Gasteiger partial charge in [-0.05, 0) is 53.0 Å². The van der Waals surface area contributed by atoms with Crippen molar-refractivity contribution in [3.8, 4) is 11.4 Å². The molecule has 1 amide bonds. The van der Waals surface area contributed by atoms with Crippen LogP contribution in [0.4, 0.5) is 15.0 Å². The highest BCUT2D eigenvalue weighted by Gasteiger charge is 2.36. The smallest absolute Gasteiger partial charge is 0.410 e. The maximum atomic E-state index is 14.9. The Balaban J connectivity index is 1.89. The lowest BCUT2D eigenvalue weighted by molar-refractivity contribution is 0.0130. The summed E-state index contributed by atoms with van der Waals surface area (Å²) in [6, 6.07) is 2.40. The first-order valence-electron chi connectivity index (χ1n) is 13.9. The third kappa shape index (κ3) is 6.24. The molecule has 0 aliphatic carbocycles. The molecule has 0 N–H and O–H groups in total. The zero-order chi connectivity index (χ0) is 30.2. The van der Waals surface area contributed by atoms with Crippen molar-refractivity contribution >= 4 is 34.5 Å². The van der Waals surface area contributed by atoms with Crippen LogP contribution in [0.15, 0.2) is 23.1 Å². The molecule has 1 saturated heterocycles. The van der Waals surface area contributed by atoms with Crippen molar-refractivity contribution in [2.24, 2.45) is 0 Å². The number of ether oxygens (including phenoxy) is 2. The largest absolute Gasteiger partial charge is 0.491 e. The number of hydrogen-bond donors (Lipinski definition) is 0. The standard InChI is InChI=1S/C29H38ClFN6O4/c1-9-12-40-21-10-11-32-22(16(2)3)23(21)37-26-19(13-20(31)24(30)33-26)25(34-27(37)38)35-14-18(5)36(15-17(35)4)28(39)41-29(6,7)8/h10-11,13,16-18H,9,12,14-15H2,1-8H3/t17-,18+/m0/s1. The van der Waals surface area contributed by atoms with Crippen molar-refractivity contribution in [2.75, 3.05) is 24.6 Å². The third-order valence-corrected chi connectivity index (χ3v) is 7.06. The van der Waals surface area contributed by atoms with Crippen LogP contribution >= 0.6 is 11.6 Å². The Kier molecular flexibility index (Phi) is 8.77. The number of fused-ring (bicyclic) bond motifs is 1. The average molecular weight is 589 g/mol. The van der Waals surface area contributed by atoms with Crippen molar-refractivity contribution in [3.05, 3.63) is 45.5 Å². The lowest BCUT2D eigenvalue weighted by atomic mass is 10.1. The van der Waals surface area contributed by atoms with Crippen LogP contribution in [0, 0.1) is 5.82 Å². The van der Waals surface area contributed by atoms with E-state index in [2.05, 4.69) is 15.0 Å². The minimum Gasteiger partial charge on any atom is -0.491 e. The number of aromatic nitrogens is 4. The molecule has 0 aromatic carbocycles. The van der Waals surface area contributed by atoms with Crippen LogP contribution < -0.4 is 15.3 Å². The minimum atomic E-state index is -0.738. The number of carbonyl (C=O) groups is 1. The molecule has 4 rings (SSSR count). The summed E-state index contributed by atoms with van der Waals surface area (Å²) >= 11 is 6.18. The Morgan fingerprint density at radius 3 is 2.54 bits per heavy atom. The molecule has 222 valence electrons. The molecular formula is C29H38ClFN6O4. The molecular weight excluding hydrogens is 551 g/mol. The van der Waals surface area contributed by atoms with Gasteiger partial charge in [0.05, 0.1) is 17.7 Å². The van der Waals surface area contributed by atoms with Crippen molar-refractivity contribution in [1.82, 2.24) is 24.4 Å². The molecule has 1 aliphatic heterocycles. The van der Waals surface area contributed by atoms with Gasteiger partial charge in [0.15, 0.2) is 16.6 Å². The lowest BCUT2D eigenvalue weighted by Gasteiger charge is -2.44. The molecule has 41 heavy (non-hydrogen) atoms. The molecule has 12 heteroatoms. The average Bonchev–Trinajstić information content (AvgIpc) is 2.88. The van der Waals surface area contributed by atoms with Crippen molar-refractivity contribution < 1.29 is 18.7 Å². The maximum absolute atomic E-state index is 14.9. The Bertz CT molecular complexity index is 1510. The van der Waals surface area contributed by atoms with Gasteiger partial charge in [-0.25, -0.2) is 23.5 Å². The van der Waals surface area contributed by atoms with Gasteiger partial charge in [-0.1, -0.05) is 32.4 Å². The van der Waals surface area contributed by atoms with Crippen molar-refractivity contribution in [2.45, 2.75) is 85.4 Å². The summed E-state index contributed by atoms with van der Waals surface area (Å²) in [5.41, 5.74) is -0.128. The molecule has 10 nitrogen and oxygen atoms in total. The summed E-state index contributed by atoms with van der Waals surface area (Å²) in [6.45, 7) is 16.2. The van der Waals surface area contributed by atoms with Gasteiger partial charge in [-0.2, -0.15) is 4.98 Å². The number of nitrogens with zero attached hydrogens (tertiary/aromatic N) is 6. The van der Waals surface area contributed by atoms with E-state index in [-0.39, 0.29) is 34.6 Å². The number of piperazine rings is 1. The van der Waals surface area contributed by atoms with Crippen LogP contribution in [0.3, 0.4) is 0 Å². The van der Waals surface area contributed by atoms with Crippen molar-refractivity contribution in [1.29, 1.82) is 0 Å². The van der Waals surface area contributed by atoms with Crippen LogP contribution in [-0.2, 0) is 4.74 Å². The van der Waals surface area contributed by atoms with Gasteiger partial charge in [0, 0.05) is 37.4 Å². The Morgan fingerprint density at radius 2 is 1.90 bits per heavy atom. The van der Waals surface area contributed by atoms with Gasteiger partial charge in [-0.3, -0.25) is 4.98 Å². The second-order valence-corrected chi connectivity index (χ2v) is 12.1. The minimum absolute atomic E-state index is 0.0745. The monoisotopic (exact) mass is 588 g/mol. The SMILES string of the molecule is CCCOc1ccnc(C(C)C)c1-n1c(=O)nc(N2C[C@@H](C)N(C(=O)OC(C)(C)C)C[C@@H]2C)c2cc(F)c(Cl)nc21. The fraction of sp³-hybridized carbons (Fsp3) is 0.552. The molecule has 2 atom stereocenters. The van der Waals surface area contributed by atoms with Gasteiger partial charge >= 0.3 is 11.8 Å². The van der Waals surface area contributed by atoms with E-state index < -0.39 is 23.2 Å². The van der Waals surface area contributed by atoms with Crippen LogP contribution in [-0.4, -0.2) is 67.9 Å². The first-order chi connectivity index (χ1) is 19.2. The topological polar surface area (TPSA) is 103 Å². The molecule has 0 unspecified atom stereocenters. The van der Waals surface area contributed by atoms with Crippen molar-refractivity contribution in [3.63, 3.8) is 0 Å². The molecule has 3 aromatic rings. The summed E-state index contributed by atoms with van der Waals surface area (Å²) in [5, 5.41) is -0.0683. The predicted octanol–water partition coefficient (Wildman–Crippen LogP) is 5.71. The van der Waals surface area contributed by atoms with E-state index in [1.807, 2.05) is 60.3 Å². The molecule has 0 radical (unpaired) electrons. The lowest BCUT2D eigenvalue weighted by Crippen LogP contribution is -2.59. The fourth-order valence-electron chi connectivity index (χ4n) is 4.93. The number of hydrogen-bond acceptors (Lipinski definition) is 8. The van der Waals surface area contributed by atoms with E-state index in [1.165, 1.54) is 10.6 Å². The van der Waals surface area contributed by atoms with Gasteiger partial charge in [-0.15, -0.1) is 0 Å². The van der Waals surface area contributed by atoms with E-state index >= 15 is 0 Å². The van der Waals surface area contributed by atoms with E-state index in [0.29, 0.717) is 42.2 Å². The predicted molar refractivity (Wildman–Crippen MR) is 157 cm³/mol. The van der Waals surface area contributed by atoms with E-state index in [1.54, 1.807) is 17.2 Å². The summed E-state index contributed by atoms with van der Waals surface area (Å²) in [4.78, 5) is 43.7. The highest BCUT2D eigenvalue weighted by atomic mass is 35.5. The summed E-state index contributed by atoms with van der Waals surface area (Å²) < 4.78 is 27.9. The molecule has 1 aliphatic rings. The first kappa shape index (κ1) is 30.5. The molecule has 0 bridgehead atoms. The summed E-state index contributed by atoms with van der Waals surface area (Å²) in [5.74, 6) is -0.106. The maximum Gasteiger partial charge on any atom is 0.410 e. The van der Waals surface area contributed by atoms with E-state index in [0.717, 1.165) is 6.42 Å². The van der Waals surface area contributed by atoms with E-state index in [4.69, 9.17) is 21.1 Å². The van der Waals surface area contributed by atoms with Gasteiger partial charge in [0.25, 0.3) is 0 Å². The second-order valence-electron chi connectivity index (χ2n) is 11.7. The highest BCUT2D eigenvalue weighted by Crippen LogP contribution is 2.35. The number of halogens is 2. The van der Waals surface area contributed by atoms with Crippen LogP contribution in [0.1, 0.15) is 73.4 Å². The highest BCUT2D eigenvalue weighted by molar-refractivity contribution is 6.30. The second kappa shape index (κ2) is 11.8. The Labute approximate surface area is 244 Å². The van der Waals surface area contributed by atoms with Gasteiger partial charge in [0.2, 0.25) is 0 Å². The summed E-state index contributed by atoms with van der Waals surface area (Å²) in [6.07, 6.45) is 1.97. The number of anilines is 1. The Hall–Kier alpha value is -3.47. The molecule has 3 aromatic heterocycles. The zero-order valence-electron chi connectivity index (χ0n) is 24.9. The zero-order valence-corrected chi connectivity index (χ0v) is 25.6. The number of carbonyl (C=O) groups excluding carboxylic acids is 1. The first-order valence-corrected chi connectivity index (χ1v) is 14.3. The van der Waals surface area contributed by atoms with Crippen LogP contribution in [0.5, 0.6) is 5.75 Å². The van der Waals surface area contributed by atoms with Crippen LogP contribution in [0.25, 0.3) is 16.7 Å². The number of rotatable bonds is 6. The quantitative estimate of drug-likeness (QED) is 0.337.